The molecule has 0 spiro atoms. The molecule has 0 atom stereocenters. The van der Waals surface area contributed by atoms with Crippen LogP contribution >= 0.6 is 0 Å². The Kier molecular flexibility index (Phi) is 5.84. The first-order chi connectivity index (χ1) is 15.2. The van der Waals surface area contributed by atoms with Gasteiger partial charge in [-0.2, -0.15) is 0 Å². The summed E-state index contributed by atoms with van der Waals surface area (Å²) in [5.74, 6) is 1.34. The normalized spacial score (nSPS) is 17.5. The summed E-state index contributed by atoms with van der Waals surface area (Å²) in [6.07, 6.45) is 6.83. The molecule has 0 bridgehead atoms. The molecule has 166 valence electrons. The molecule has 9 nitrogen and oxygen atoms in total. The number of anilines is 1. The zero-order valence-electron chi connectivity index (χ0n) is 18.7. The predicted molar refractivity (Wildman–Crippen MR) is 121 cm³/mol. The van der Waals surface area contributed by atoms with Crippen molar-refractivity contribution in [3.63, 3.8) is 0 Å². The van der Waals surface area contributed by atoms with Gasteiger partial charge in [-0.25, -0.2) is 15.0 Å². The smallest absolute Gasteiger partial charge is 0.298 e. The van der Waals surface area contributed by atoms with Crippen molar-refractivity contribution in [3.8, 4) is 28.4 Å². The number of hydrogen-bond acceptors (Lipinski definition) is 9. The molecule has 0 saturated carbocycles. The van der Waals surface area contributed by atoms with E-state index < -0.39 is 0 Å². The van der Waals surface area contributed by atoms with E-state index in [4.69, 9.17) is 4.74 Å². The fourth-order valence-electron chi connectivity index (χ4n) is 4.54. The number of piperidine rings is 1. The van der Waals surface area contributed by atoms with Crippen molar-refractivity contribution >= 4 is 12.4 Å². The first-order valence-electron chi connectivity index (χ1n) is 10.5. The number of carbonyl (C=O) groups is 1. The molecular weight excluding hydrogens is 406 g/mol. The molecule has 1 saturated heterocycles. The largest absolute Gasteiger partial charge is 0.428 e. The number of nitrogens with one attached hydrogen (secondary N) is 2. The number of aromatic nitrogens is 5. The van der Waals surface area contributed by atoms with Crippen LogP contribution in [0.5, 0.6) is 5.75 Å². The van der Waals surface area contributed by atoms with Crippen molar-refractivity contribution in [1.29, 1.82) is 0 Å². The van der Waals surface area contributed by atoms with Crippen molar-refractivity contribution in [3.05, 3.63) is 42.9 Å². The van der Waals surface area contributed by atoms with E-state index in [-0.39, 0.29) is 17.1 Å². The highest BCUT2D eigenvalue weighted by Gasteiger charge is 2.37. The molecule has 0 radical (unpaired) electrons. The van der Waals surface area contributed by atoms with Gasteiger partial charge in [0, 0.05) is 40.6 Å². The molecule has 1 aliphatic rings. The van der Waals surface area contributed by atoms with E-state index in [2.05, 4.69) is 63.5 Å². The molecule has 1 aromatic carbocycles. The molecule has 0 aliphatic carbocycles. The summed E-state index contributed by atoms with van der Waals surface area (Å²) in [6, 6.07) is 7.31. The van der Waals surface area contributed by atoms with E-state index in [0.717, 1.165) is 18.4 Å². The fraction of sp³-hybridized carbons (Fsp3) is 0.391. The number of benzene rings is 1. The zero-order chi connectivity index (χ0) is 22.8. The van der Waals surface area contributed by atoms with Gasteiger partial charge < -0.3 is 15.4 Å². The average molecular weight is 434 g/mol. The number of carbonyl (C=O) groups excluding carboxylic acids is 1. The highest BCUT2D eigenvalue weighted by molar-refractivity contribution is 5.73. The molecule has 1 aliphatic heterocycles. The summed E-state index contributed by atoms with van der Waals surface area (Å²) in [5, 5.41) is 15.7. The Morgan fingerprint density at radius 1 is 1.06 bits per heavy atom. The lowest BCUT2D eigenvalue weighted by molar-refractivity contribution is -0.120. The van der Waals surface area contributed by atoms with Crippen LogP contribution < -0.4 is 15.4 Å². The van der Waals surface area contributed by atoms with Gasteiger partial charge in [0.1, 0.15) is 11.4 Å². The van der Waals surface area contributed by atoms with Crippen LogP contribution in [-0.2, 0) is 4.79 Å². The number of hydrogen-bond donors (Lipinski definition) is 2. The van der Waals surface area contributed by atoms with Gasteiger partial charge in [-0.15, -0.1) is 10.2 Å². The lowest BCUT2D eigenvalue weighted by Crippen LogP contribution is -2.60. The van der Waals surface area contributed by atoms with Gasteiger partial charge >= 0.3 is 0 Å². The van der Waals surface area contributed by atoms with Crippen molar-refractivity contribution < 1.29 is 9.53 Å². The van der Waals surface area contributed by atoms with Crippen LogP contribution in [0, 0.1) is 0 Å². The molecule has 0 amide bonds. The zero-order valence-corrected chi connectivity index (χ0v) is 18.7. The number of rotatable bonds is 6. The summed E-state index contributed by atoms with van der Waals surface area (Å²) < 4.78 is 5.20. The first kappa shape index (κ1) is 21.8. The molecule has 4 rings (SSSR count). The van der Waals surface area contributed by atoms with E-state index >= 15 is 0 Å². The Morgan fingerprint density at radius 2 is 1.78 bits per heavy atom. The minimum Gasteiger partial charge on any atom is -0.428 e. The Hall–Kier alpha value is -3.46. The molecule has 2 N–H and O–H groups in total. The van der Waals surface area contributed by atoms with E-state index in [1.54, 1.807) is 36.8 Å². The second kappa shape index (κ2) is 8.58. The molecule has 3 heterocycles. The molecule has 1 fully saturated rings. The van der Waals surface area contributed by atoms with Gasteiger partial charge in [-0.3, -0.25) is 4.79 Å². The van der Waals surface area contributed by atoms with Crippen LogP contribution in [0.3, 0.4) is 0 Å². The summed E-state index contributed by atoms with van der Waals surface area (Å²) in [6.45, 7) is 9.17. The standard InChI is InChI=1S/C23H27N7O2/c1-22(2)11-16(12-23(3,4)30-22)27-21-26-13-18(28-29-21)17-7-6-15(10-19(17)32-14-31)20-24-8-5-9-25-20/h5-10,13-14,16,30H,11-12H2,1-4H3,(H,26,27,29). The summed E-state index contributed by atoms with van der Waals surface area (Å²) >= 11 is 0. The quantitative estimate of drug-likeness (QED) is 0.565. The predicted octanol–water partition coefficient (Wildman–Crippen LogP) is 3.25. The first-order valence-corrected chi connectivity index (χ1v) is 10.5. The monoisotopic (exact) mass is 433 g/mol. The van der Waals surface area contributed by atoms with Gasteiger partial charge in [0.25, 0.3) is 6.47 Å². The van der Waals surface area contributed by atoms with Gasteiger partial charge in [0.15, 0.2) is 5.82 Å². The molecule has 32 heavy (non-hydrogen) atoms. The van der Waals surface area contributed by atoms with Crippen LogP contribution in [-0.4, -0.2) is 48.7 Å². The van der Waals surface area contributed by atoms with Crippen molar-refractivity contribution in [2.75, 3.05) is 5.32 Å². The highest BCUT2D eigenvalue weighted by atomic mass is 16.5. The Balaban J connectivity index is 1.55. The maximum Gasteiger partial charge on any atom is 0.298 e. The van der Waals surface area contributed by atoms with Crippen molar-refractivity contribution in [1.82, 2.24) is 30.5 Å². The fourth-order valence-corrected chi connectivity index (χ4v) is 4.54. The third-order valence-electron chi connectivity index (χ3n) is 5.34. The van der Waals surface area contributed by atoms with Crippen molar-refractivity contribution in [2.24, 2.45) is 0 Å². The van der Waals surface area contributed by atoms with E-state index in [1.807, 2.05) is 6.07 Å². The summed E-state index contributed by atoms with van der Waals surface area (Å²) in [4.78, 5) is 24.0. The van der Waals surface area contributed by atoms with Crippen LogP contribution in [0.15, 0.2) is 42.9 Å². The second-order valence-electron chi connectivity index (χ2n) is 9.31. The van der Waals surface area contributed by atoms with Crippen LogP contribution in [0.1, 0.15) is 40.5 Å². The molecule has 0 unspecified atom stereocenters. The Morgan fingerprint density at radius 3 is 2.41 bits per heavy atom. The number of nitrogens with zero attached hydrogens (tertiary/aromatic N) is 5. The van der Waals surface area contributed by atoms with Crippen LogP contribution in [0.2, 0.25) is 0 Å². The van der Waals surface area contributed by atoms with Crippen LogP contribution in [0.4, 0.5) is 5.95 Å². The number of ether oxygens (including phenoxy) is 1. The average Bonchev–Trinajstić information content (AvgIpc) is 2.73. The minimum atomic E-state index is 0.0120. The third kappa shape index (κ3) is 5.05. The van der Waals surface area contributed by atoms with Gasteiger partial charge in [0.2, 0.25) is 5.95 Å². The van der Waals surface area contributed by atoms with Crippen LogP contribution in [0.25, 0.3) is 22.6 Å². The van der Waals surface area contributed by atoms with E-state index in [0.29, 0.717) is 35.3 Å². The van der Waals surface area contributed by atoms with E-state index in [1.165, 1.54) is 0 Å². The van der Waals surface area contributed by atoms with Crippen molar-refractivity contribution in [2.45, 2.75) is 57.7 Å². The maximum absolute atomic E-state index is 11.1. The third-order valence-corrected chi connectivity index (χ3v) is 5.34. The highest BCUT2D eigenvalue weighted by Crippen LogP contribution is 2.33. The van der Waals surface area contributed by atoms with E-state index in [9.17, 15) is 4.79 Å². The lowest BCUT2D eigenvalue weighted by Gasteiger charge is -2.46. The lowest BCUT2D eigenvalue weighted by atomic mass is 9.80. The minimum absolute atomic E-state index is 0.0120. The molecule has 3 aromatic rings. The summed E-state index contributed by atoms with van der Waals surface area (Å²) in [7, 11) is 0. The Labute approximate surface area is 187 Å². The topological polar surface area (TPSA) is 115 Å². The molecular formula is C23H27N7O2. The second-order valence-corrected chi connectivity index (χ2v) is 9.31. The molecule has 9 heteroatoms. The summed E-state index contributed by atoms with van der Waals surface area (Å²) in [5.41, 5.74) is 1.85. The SMILES string of the molecule is CC1(C)CC(Nc2ncc(-c3ccc(-c4ncccn4)cc3OC=O)nn2)CC(C)(C)N1. The van der Waals surface area contributed by atoms with Gasteiger partial charge in [0.05, 0.1) is 6.20 Å². The molecule has 2 aromatic heterocycles. The maximum atomic E-state index is 11.1. The van der Waals surface area contributed by atoms with Gasteiger partial charge in [-0.05, 0) is 58.7 Å². The Bertz CT molecular complexity index is 1070. The van der Waals surface area contributed by atoms with Gasteiger partial charge in [-0.1, -0.05) is 6.07 Å².